The molecule has 2 rings (SSSR count). The summed E-state index contributed by atoms with van der Waals surface area (Å²) in [6.07, 6.45) is 5.68. The summed E-state index contributed by atoms with van der Waals surface area (Å²) in [4.78, 5) is 7.89. The molecule has 0 spiro atoms. The van der Waals surface area contributed by atoms with Crippen LogP contribution in [-0.4, -0.2) is 86.2 Å². The van der Waals surface area contributed by atoms with E-state index in [2.05, 4.69) is 33.9 Å². The quantitative estimate of drug-likeness (QED) is 0.651. The number of nitrogens with zero attached hydrogens (tertiary/aromatic N) is 3. The molecule has 0 radical (unpaired) electrons. The van der Waals surface area contributed by atoms with Crippen LogP contribution in [0.15, 0.2) is 0 Å². The van der Waals surface area contributed by atoms with Gasteiger partial charge in [-0.3, -0.25) is 4.90 Å². The zero-order valence-electron chi connectivity index (χ0n) is 14.3. The number of hydrogen-bond acceptors (Lipinski definition) is 4. The van der Waals surface area contributed by atoms with Crippen molar-refractivity contribution in [3.05, 3.63) is 0 Å². The lowest BCUT2D eigenvalue weighted by Gasteiger charge is -2.32. The van der Waals surface area contributed by atoms with Gasteiger partial charge in [-0.15, -0.1) is 0 Å². The van der Waals surface area contributed by atoms with E-state index in [1.165, 1.54) is 78.0 Å². The maximum Gasteiger partial charge on any atom is 0.0235 e. The topological polar surface area (TPSA) is 21.8 Å². The van der Waals surface area contributed by atoms with Crippen molar-refractivity contribution < 1.29 is 0 Å². The monoisotopic (exact) mass is 296 g/mol. The standard InChI is InChI=1S/C17H36N4/c1-3-19(4-2)14-9-18-10-15-20-13-8-17(16-20)21-11-6-5-7-12-21/h17-18H,3-16H2,1-2H3. The minimum Gasteiger partial charge on any atom is -0.314 e. The summed E-state index contributed by atoms with van der Waals surface area (Å²) in [5.41, 5.74) is 0. The third-order valence-electron chi connectivity index (χ3n) is 5.26. The molecule has 0 aliphatic carbocycles. The van der Waals surface area contributed by atoms with Crippen LogP contribution < -0.4 is 5.32 Å². The highest BCUT2D eigenvalue weighted by Gasteiger charge is 2.27. The fourth-order valence-electron chi connectivity index (χ4n) is 3.74. The molecule has 0 saturated carbocycles. The number of piperidine rings is 1. The highest BCUT2D eigenvalue weighted by molar-refractivity contribution is 4.84. The predicted octanol–water partition coefficient (Wildman–Crippen LogP) is 1.48. The number of hydrogen-bond donors (Lipinski definition) is 1. The van der Waals surface area contributed by atoms with Crippen molar-refractivity contribution in [2.24, 2.45) is 0 Å². The molecule has 21 heavy (non-hydrogen) atoms. The number of likely N-dealkylation sites (tertiary alicyclic amines) is 2. The SMILES string of the molecule is CCN(CC)CCNCCN1CCC(N2CCCCC2)C1. The van der Waals surface area contributed by atoms with Crippen LogP contribution >= 0.6 is 0 Å². The molecule has 0 amide bonds. The summed E-state index contributed by atoms with van der Waals surface area (Å²) in [6, 6.07) is 0.848. The molecule has 2 saturated heterocycles. The van der Waals surface area contributed by atoms with Gasteiger partial charge >= 0.3 is 0 Å². The van der Waals surface area contributed by atoms with E-state index < -0.39 is 0 Å². The van der Waals surface area contributed by atoms with Crippen LogP contribution in [0.2, 0.25) is 0 Å². The molecule has 0 aromatic heterocycles. The van der Waals surface area contributed by atoms with Crippen molar-refractivity contribution in [3.63, 3.8) is 0 Å². The van der Waals surface area contributed by atoms with E-state index in [-0.39, 0.29) is 0 Å². The molecule has 2 fully saturated rings. The van der Waals surface area contributed by atoms with E-state index in [0.29, 0.717) is 0 Å². The molecule has 1 unspecified atom stereocenters. The van der Waals surface area contributed by atoms with Crippen LogP contribution in [-0.2, 0) is 0 Å². The van der Waals surface area contributed by atoms with Crippen molar-refractivity contribution in [1.82, 2.24) is 20.0 Å². The third kappa shape index (κ3) is 5.85. The van der Waals surface area contributed by atoms with E-state index in [1.807, 2.05) is 0 Å². The van der Waals surface area contributed by atoms with Gasteiger partial charge in [0.05, 0.1) is 0 Å². The zero-order chi connectivity index (χ0) is 14.9. The molecule has 1 N–H and O–H groups in total. The maximum absolute atomic E-state index is 3.61. The van der Waals surface area contributed by atoms with Crippen molar-refractivity contribution in [2.75, 3.05) is 65.4 Å². The van der Waals surface area contributed by atoms with Crippen molar-refractivity contribution in [2.45, 2.75) is 45.6 Å². The van der Waals surface area contributed by atoms with Crippen LogP contribution in [0.4, 0.5) is 0 Å². The van der Waals surface area contributed by atoms with Crippen molar-refractivity contribution in [3.8, 4) is 0 Å². The molecule has 124 valence electrons. The van der Waals surface area contributed by atoms with Gasteiger partial charge in [0.2, 0.25) is 0 Å². The first kappa shape index (κ1) is 17.2. The largest absolute Gasteiger partial charge is 0.314 e. The summed E-state index contributed by atoms with van der Waals surface area (Å²) in [5, 5.41) is 3.61. The number of rotatable bonds is 9. The van der Waals surface area contributed by atoms with Gasteiger partial charge in [-0.25, -0.2) is 0 Å². The molecule has 0 bridgehead atoms. The molecule has 2 aliphatic rings. The Morgan fingerprint density at radius 2 is 1.76 bits per heavy atom. The van der Waals surface area contributed by atoms with Crippen LogP contribution in [0.5, 0.6) is 0 Å². The van der Waals surface area contributed by atoms with Gasteiger partial charge in [0.15, 0.2) is 0 Å². The smallest absolute Gasteiger partial charge is 0.0235 e. The second-order valence-corrected chi connectivity index (χ2v) is 6.62. The highest BCUT2D eigenvalue weighted by atomic mass is 15.3. The highest BCUT2D eigenvalue weighted by Crippen LogP contribution is 2.19. The Kier molecular flexibility index (Phi) is 8.01. The summed E-state index contributed by atoms with van der Waals surface area (Å²) < 4.78 is 0. The normalized spacial score (nSPS) is 25.0. The number of likely N-dealkylation sites (N-methyl/N-ethyl adjacent to an activating group) is 1. The lowest BCUT2D eigenvalue weighted by molar-refractivity contribution is 0.162. The minimum atomic E-state index is 0.848. The molecular formula is C17H36N4. The van der Waals surface area contributed by atoms with Crippen LogP contribution in [0.25, 0.3) is 0 Å². The fraction of sp³-hybridized carbons (Fsp3) is 1.00. The first-order chi connectivity index (χ1) is 10.3. The van der Waals surface area contributed by atoms with E-state index in [0.717, 1.165) is 19.1 Å². The van der Waals surface area contributed by atoms with Gasteiger partial charge in [0, 0.05) is 38.8 Å². The molecule has 0 aromatic rings. The van der Waals surface area contributed by atoms with Gasteiger partial charge in [0.1, 0.15) is 0 Å². The number of nitrogens with one attached hydrogen (secondary N) is 1. The molecule has 2 aliphatic heterocycles. The molecule has 4 heteroatoms. The molecular weight excluding hydrogens is 260 g/mol. The molecule has 1 atom stereocenters. The van der Waals surface area contributed by atoms with Crippen molar-refractivity contribution in [1.29, 1.82) is 0 Å². The Morgan fingerprint density at radius 3 is 2.48 bits per heavy atom. The van der Waals surface area contributed by atoms with E-state index in [1.54, 1.807) is 0 Å². The van der Waals surface area contributed by atoms with Gasteiger partial charge in [0.25, 0.3) is 0 Å². The van der Waals surface area contributed by atoms with E-state index >= 15 is 0 Å². The maximum atomic E-state index is 3.61. The van der Waals surface area contributed by atoms with E-state index in [9.17, 15) is 0 Å². The Morgan fingerprint density at radius 1 is 1.00 bits per heavy atom. The Balaban J connectivity index is 1.52. The van der Waals surface area contributed by atoms with Gasteiger partial charge in [-0.1, -0.05) is 20.3 Å². The Hall–Kier alpha value is -0.160. The third-order valence-corrected chi connectivity index (χ3v) is 5.26. The summed E-state index contributed by atoms with van der Waals surface area (Å²) in [6.45, 7) is 16.8. The average Bonchev–Trinajstić information content (AvgIpc) is 3.01. The lowest BCUT2D eigenvalue weighted by atomic mass is 10.1. The van der Waals surface area contributed by atoms with Gasteiger partial charge in [-0.05, 0) is 52.0 Å². The summed E-state index contributed by atoms with van der Waals surface area (Å²) >= 11 is 0. The van der Waals surface area contributed by atoms with Crippen LogP contribution in [0, 0.1) is 0 Å². The Bertz CT molecular complexity index is 262. The van der Waals surface area contributed by atoms with Gasteiger partial charge < -0.3 is 15.1 Å². The average molecular weight is 297 g/mol. The first-order valence-corrected chi connectivity index (χ1v) is 9.23. The fourth-order valence-corrected chi connectivity index (χ4v) is 3.74. The molecule has 0 aromatic carbocycles. The second kappa shape index (κ2) is 9.78. The van der Waals surface area contributed by atoms with E-state index in [4.69, 9.17) is 0 Å². The minimum absolute atomic E-state index is 0.848. The predicted molar refractivity (Wildman–Crippen MR) is 90.9 cm³/mol. The van der Waals surface area contributed by atoms with Crippen LogP contribution in [0.1, 0.15) is 39.5 Å². The molecule has 2 heterocycles. The zero-order valence-corrected chi connectivity index (χ0v) is 14.3. The Labute approximate surface area is 131 Å². The second-order valence-electron chi connectivity index (χ2n) is 6.62. The summed E-state index contributed by atoms with van der Waals surface area (Å²) in [5.74, 6) is 0. The molecule has 4 nitrogen and oxygen atoms in total. The van der Waals surface area contributed by atoms with Crippen molar-refractivity contribution >= 4 is 0 Å². The lowest BCUT2D eigenvalue weighted by Crippen LogP contribution is -2.41. The summed E-state index contributed by atoms with van der Waals surface area (Å²) in [7, 11) is 0. The first-order valence-electron chi connectivity index (χ1n) is 9.23. The van der Waals surface area contributed by atoms with Crippen LogP contribution in [0.3, 0.4) is 0 Å². The van der Waals surface area contributed by atoms with Gasteiger partial charge in [-0.2, -0.15) is 0 Å².